The first-order valence-electron chi connectivity index (χ1n) is 5.81. The molecule has 0 heterocycles. The molecule has 0 N–H and O–H groups in total. The summed E-state index contributed by atoms with van der Waals surface area (Å²) in [6.45, 7) is 6.83. The molecule has 0 fully saturated rings. The number of ether oxygens (including phenoxy) is 2. The fourth-order valence-electron chi connectivity index (χ4n) is 1.22. The average molecular weight is 220 g/mol. The van der Waals surface area contributed by atoms with Gasteiger partial charge in [-0.25, -0.2) is 0 Å². The van der Waals surface area contributed by atoms with E-state index in [4.69, 9.17) is 9.47 Å². The number of hydrogen-bond acceptors (Lipinski definition) is 2. The zero-order valence-electron chi connectivity index (χ0n) is 10.3. The Kier molecular flexibility index (Phi) is 5.48. The second kappa shape index (κ2) is 6.94. The third kappa shape index (κ3) is 4.39. The predicted octanol–water partition coefficient (Wildman–Crippen LogP) is 3.87. The lowest BCUT2D eigenvalue weighted by Crippen LogP contribution is -2.00. The van der Waals surface area contributed by atoms with Crippen molar-refractivity contribution >= 4 is 6.08 Å². The van der Waals surface area contributed by atoms with Crippen LogP contribution in [0.4, 0.5) is 0 Å². The van der Waals surface area contributed by atoms with Crippen LogP contribution < -0.4 is 4.74 Å². The van der Waals surface area contributed by atoms with E-state index in [1.54, 1.807) is 6.26 Å². The van der Waals surface area contributed by atoms with Gasteiger partial charge in [-0.2, -0.15) is 0 Å². The quantitative estimate of drug-likeness (QED) is 0.677. The third-order valence-corrected chi connectivity index (χ3v) is 2.32. The van der Waals surface area contributed by atoms with Gasteiger partial charge in [-0.3, -0.25) is 0 Å². The molecule has 2 heteroatoms. The maximum Gasteiger partial charge on any atom is 0.119 e. The van der Waals surface area contributed by atoms with Gasteiger partial charge in [-0.05, 0) is 44.0 Å². The summed E-state index contributed by atoms with van der Waals surface area (Å²) in [6.07, 6.45) is 4.99. The molecule has 0 spiro atoms. The molecule has 1 aromatic carbocycles. The molecule has 0 amide bonds. The minimum Gasteiger partial charge on any atom is -0.498 e. The Morgan fingerprint density at radius 3 is 2.81 bits per heavy atom. The van der Waals surface area contributed by atoms with Crippen molar-refractivity contribution in [3.8, 4) is 5.75 Å². The molecule has 88 valence electrons. The van der Waals surface area contributed by atoms with Gasteiger partial charge in [-0.15, -0.1) is 0 Å². The van der Waals surface area contributed by atoms with Crippen LogP contribution in [0.25, 0.3) is 6.08 Å². The minimum absolute atomic E-state index is 0.270. The van der Waals surface area contributed by atoms with Crippen LogP contribution in [0.1, 0.15) is 32.8 Å². The zero-order chi connectivity index (χ0) is 11.8. The molecule has 1 unspecified atom stereocenters. The highest BCUT2D eigenvalue weighted by Crippen LogP contribution is 2.14. The van der Waals surface area contributed by atoms with Gasteiger partial charge < -0.3 is 9.47 Å². The second-order valence-electron chi connectivity index (χ2n) is 3.66. The molecule has 1 rings (SSSR count). The first-order valence-corrected chi connectivity index (χ1v) is 5.81. The van der Waals surface area contributed by atoms with Gasteiger partial charge in [0.1, 0.15) is 5.75 Å². The lowest BCUT2D eigenvalue weighted by molar-refractivity contribution is 0.160. The van der Waals surface area contributed by atoms with Gasteiger partial charge >= 0.3 is 0 Å². The van der Waals surface area contributed by atoms with Gasteiger partial charge in [-0.1, -0.05) is 19.1 Å². The molecule has 0 radical (unpaired) electrons. The van der Waals surface area contributed by atoms with E-state index in [9.17, 15) is 0 Å². The molecule has 0 saturated carbocycles. The molecule has 1 atom stereocenters. The van der Waals surface area contributed by atoms with Gasteiger partial charge in [0.15, 0.2) is 0 Å². The topological polar surface area (TPSA) is 18.5 Å². The van der Waals surface area contributed by atoms with Crippen molar-refractivity contribution in [1.29, 1.82) is 0 Å². The predicted molar refractivity (Wildman–Crippen MR) is 67.5 cm³/mol. The van der Waals surface area contributed by atoms with E-state index in [1.165, 1.54) is 0 Å². The van der Waals surface area contributed by atoms with Crippen LogP contribution in [-0.2, 0) is 4.74 Å². The summed E-state index contributed by atoms with van der Waals surface area (Å²) in [5.41, 5.74) is 1.09. The van der Waals surface area contributed by atoms with Crippen LogP contribution in [0.3, 0.4) is 0 Å². The van der Waals surface area contributed by atoms with Crippen LogP contribution in [0, 0.1) is 0 Å². The van der Waals surface area contributed by atoms with Crippen molar-refractivity contribution in [3.05, 3.63) is 36.1 Å². The van der Waals surface area contributed by atoms with Gasteiger partial charge in [0.05, 0.1) is 19.0 Å². The Balaban J connectivity index is 2.55. The lowest BCUT2D eigenvalue weighted by atomic mass is 10.2. The zero-order valence-corrected chi connectivity index (χ0v) is 10.3. The third-order valence-electron chi connectivity index (χ3n) is 2.32. The van der Waals surface area contributed by atoms with Crippen molar-refractivity contribution in [1.82, 2.24) is 0 Å². The Morgan fingerprint density at radius 2 is 2.12 bits per heavy atom. The standard InChI is InChI=1S/C14H20O2/c1-4-12(3)16-10-9-13-7-6-8-14(11-13)15-5-2/h6-12H,4-5H2,1-3H3. The van der Waals surface area contributed by atoms with Gasteiger partial charge in [0, 0.05) is 0 Å². The SMILES string of the molecule is CCOc1cccc(C=COC(C)CC)c1. The first-order chi connectivity index (χ1) is 7.76. The van der Waals surface area contributed by atoms with E-state index in [0.717, 1.165) is 17.7 Å². The van der Waals surface area contributed by atoms with Crippen LogP contribution in [0.2, 0.25) is 0 Å². The van der Waals surface area contributed by atoms with E-state index in [0.29, 0.717) is 6.61 Å². The Labute approximate surface area is 97.9 Å². The number of rotatable bonds is 6. The highest BCUT2D eigenvalue weighted by atomic mass is 16.5. The summed E-state index contributed by atoms with van der Waals surface area (Å²) < 4.78 is 10.9. The Morgan fingerprint density at radius 1 is 1.31 bits per heavy atom. The molecule has 0 bridgehead atoms. The molecule has 0 aliphatic rings. The monoisotopic (exact) mass is 220 g/mol. The van der Waals surface area contributed by atoms with E-state index in [1.807, 2.05) is 37.3 Å². The van der Waals surface area contributed by atoms with Crippen LogP contribution in [0.15, 0.2) is 30.5 Å². The van der Waals surface area contributed by atoms with Crippen molar-refractivity contribution in [2.24, 2.45) is 0 Å². The molecular formula is C14H20O2. The fourth-order valence-corrected chi connectivity index (χ4v) is 1.22. The highest BCUT2D eigenvalue weighted by molar-refractivity contribution is 5.50. The molecule has 1 aromatic rings. The number of hydrogen-bond donors (Lipinski definition) is 0. The molecule has 16 heavy (non-hydrogen) atoms. The molecule has 0 aliphatic heterocycles. The maximum absolute atomic E-state index is 5.47. The van der Waals surface area contributed by atoms with Crippen LogP contribution in [-0.4, -0.2) is 12.7 Å². The van der Waals surface area contributed by atoms with E-state index in [-0.39, 0.29) is 6.10 Å². The summed E-state index contributed by atoms with van der Waals surface area (Å²) >= 11 is 0. The van der Waals surface area contributed by atoms with Crippen LogP contribution >= 0.6 is 0 Å². The molecule has 0 saturated heterocycles. The molecular weight excluding hydrogens is 200 g/mol. The highest BCUT2D eigenvalue weighted by Gasteiger charge is 1.95. The van der Waals surface area contributed by atoms with Crippen molar-refractivity contribution < 1.29 is 9.47 Å². The van der Waals surface area contributed by atoms with Gasteiger partial charge in [0.25, 0.3) is 0 Å². The van der Waals surface area contributed by atoms with Gasteiger partial charge in [0.2, 0.25) is 0 Å². The van der Waals surface area contributed by atoms with Crippen molar-refractivity contribution in [2.75, 3.05) is 6.61 Å². The van der Waals surface area contributed by atoms with E-state index < -0.39 is 0 Å². The van der Waals surface area contributed by atoms with Crippen molar-refractivity contribution in [3.63, 3.8) is 0 Å². The second-order valence-corrected chi connectivity index (χ2v) is 3.66. The minimum atomic E-state index is 0.270. The summed E-state index contributed by atoms with van der Waals surface area (Å²) in [5, 5.41) is 0. The van der Waals surface area contributed by atoms with E-state index in [2.05, 4.69) is 13.8 Å². The molecule has 0 aromatic heterocycles. The Hall–Kier alpha value is -1.44. The maximum atomic E-state index is 5.47. The summed E-state index contributed by atoms with van der Waals surface area (Å²) in [6, 6.07) is 7.96. The molecule has 0 aliphatic carbocycles. The van der Waals surface area contributed by atoms with Crippen LogP contribution in [0.5, 0.6) is 5.75 Å². The summed E-state index contributed by atoms with van der Waals surface area (Å²) in [5.74, 6) is 0.896. The van der Waals surface area contributed by atoms with Crippen molar-refractivity contribution in [2.45, 2.75) is 33.3 Å². The lowest BCUT2D eigenvalue weighted by Gasteiger charge is -2.07. The smallest absolute Gasteiger partial charge is 0.119 e. The largest absolute Gasteiger partial charge is 0.498 e. The van der Waals surface area contributed by atoms with E-state index >= 15 is 0 Å². The summed E-state index contributed by atoms with van der Waals surface area (Å²) in [7, 11) is 0. The normalized spacial score (nSPS) is 12.7. The Bertz CT molecular complexity index is 331. The first kappa shape index (κ1) is 12.6. The number of benzene rings is 1. The fraction of sp³-hybridized carbons (Fsp3) is 0.429. The molecule has 2 nitrogen and oxygen atoms in total. The summed E-state index contributed by atoms with van der Waals surface area (Å²) in [4.78, 5) is 0. The average Bonchev–Trinajstić information content (AvgIpc) is 2.30.